The maximum atomic E-state index is 4.65. The topological polar surface area (TPSA) is 16.1 Å². The van der Waals surface area contributed by atoms with Crippen LogP contribution in [0.25, 0.3) is 22.0 Å². The van der Waals surface area contributed by atoms with Crippen LogP contribution < -0.4 is 4.90 Å². The molecule has 0 aliphatic carbocycles. The minimum Gasteiger partial charge on any atom is -0.372 e. The van der Waals surface area contributed by atoms with Crippen LogP contribution in [0.2, 0.25) is 0 Å². The lowest BCUT2D eigenvalue weighted by Gasteiger charge is -2.24. The molecule has 2 aromatic carbocycles. The zero-order valence-electron chi connectivity index (χ0n) is 14.0. The summed E-state index contributed by atoms with van der Waals surface area (Å²) in [5, 5.41) is 2.45. The molecule has 0 bridgehead atoms. The van der Waals surface area contributed by atoms with Gasteiger partial charge in [0.05, 0.1) is 5.69 Å². The molecule has 1 heterocycles. The van der Waals surface area contributed by atoms with E-state index in [1.165, 1.54) is 22.0 Å². The molecule has 0 fully saturated rings. The van der Waals surface area contributed by atoms with Crippen molar-refractivity contribution in [3.63, 3.8) is 0 Å². The highest BCUT2D eigenvalue weighted by atomic mass is 15.1. The standard InChI is InChI=1S/C21H24N2/c1-3-14-23(15-4-2)19-10-7-9-18(16-19)21-20-11-6-5-8-17(20)12-13-22-21/h5-13,16H,3-4,14-15H2,1-2H3. The minimum absolute atomic E-state index is 1.07. The Morgan fingerprint density at radius 2 is 1.65 bits per heavy atom. The van der Waals surface area contributed by atoms with Crippen molar-refractivity contribution in [1.82, 2.24) is 4.98 Å². The number of rotatable bonds is 6. The van der Waals surface area contributed by atoms with E-state index in [1.54, 1.807) is 0 Å². The second-order valence-corrected chi connectivity index (χ2v) is 5.92. The van der Waals surface area contributed by atoms with Crippen molar-refractivity contribution < 1.29 is 0 Å². The lowest BCUT2D eigenvalue weighted by atomic mass is 10.0. The molecule has 0 N–H and O–H groups in total. The molecule has 0 spiro atoms. The maximum Gasteiger partial charge on any atom is 0.0781 e. The normalized spacial score (nSPS) is 10.9. The average Bonchev–Trinajstić information content (AvgIpc) is 2.61. The Bertz CT molecular complexity index is 768. The van der Waals surface area contributed by atoms with Gasteiger partial charge in [-0.05, 0) is 36.4 Å². The number of fused-ring (bicyclic) bond motifs is 1. The molecule has 2 heteroatoms. The van der Waals surface area contributed by atoms with E-state index in [1.807, 2.05) is 6.20 Å². The summed E-state index contributed by atoms with van der Waals surface area (Å²) < 4.78 is 0. The lowest BCUT2D eigenvalue weighted by molar-refractivity contribution is 0.745. The summed E-state index contributed by atoms with van der Waals surface area (Å²) in [7, 11) is 0. The molecule has 3 rings (SSSR count). The van der Waals surface area contributed by atoms with Crippen LogP contribution in [-0.2, 0) is 0 Å². The minimum atomic E-state index is 1.07. The predicted octanol–water partition coefficient (Wildman–Crippen LogP) is 5.53. The Morgan fingerprint density at radius 3 is 2.43 bits per heavy atom. The second kappa shape index (κ2) is 7.28. The van der Waals surface area contributed by atoms with Gasteiger partial charge in [-0.3, -0.25) is 4.98 Å². The van der Waals surface area contributed by atoms with Gasteiger partial charge in [0.2, 0.25) is 0 Å². The molecular formula is C21H24N2. The van der Waals surface area contributed by atoms with E-state index in [0.717, 1.165) is 31.6 Å². The van der Waals surface area contributed by atoms with Gasteiger partial charge in [0.25, 0.3) is 0 Å². The Morgan fingerprint density at radius 1 is 0.870 bits per heavy atom. The highest BCUT2D eigenvalue weighted by molar-refractivity contribution is 5.94. The molecule has 0 radical (unpaired) electrons. The Kier molecular flexibility index (Phi) is 4.92. The molecule has 3 aromatic rings. The number of anilines is 1. The quantitative estimate of drug-likeness (QED) is 0.595. The van der Waals surface area contributed by atoms with Crippen LogP contribution in [-0.4, -0.2) is 18.1 Å². The zero-order chi connectivity index (χ0) is 16.1. The summed E-state index contributed by atoms with van der Waals surface area (Å²) in [6.45, 7) is 6.66. The Labute approximate surface area is 138 Å². The summed E-state index contributed by atoms with van der Waals surface area (Å²) in [6.07, 6.45) is 4.23. The second-order valence-electron chi connectivity index (χ2n) is 5.92. The zero-order valence-corrected chi connectivity index (χ0v) is 14.0. The fourth-order valence-electron chi connectivity index (χ4n) is 3.11. The molecule has 1 aromatic heterocycles. The number of benzene rings is 2. The number of hydrogen-bond donors (Lipinski definition) is 0. The predicted molar refractivity (Wildman–Crippen MR) is 100.0 cm³/mol. The summed E-state index contributed by atoms with van der Waals surface area (Å²) in [6, 6.07) is 19.3. The van der Waals surface area contributed by atoms with Crippen LogP contribution in [0, 0.1) is 0 Å². The van der Waals surface area contributed by atoms with Crippen molar-refractivity contribution in [2.75, 3.05) is 18.0 Å². The van der Waals surface area contributed by atoms with Crippen LogP contribution in [0.4, 0.5) is 5.69 Å². The van der Waals surface area contributed by atoms with Gasteiger partial charge < -0.3 is 4.90 Å². The fraction of sp³-hybridized carbons (Fsp3) is 0.286. The largest absolute Gasteiger partial charge is 0.372 e. The SMILES string of the molecule is CCCN(CCC)c1cccc(-c2nccc3ccccc23)c1. The first-order chi connectivity index (χ1) is 11.3. The summed E-state index contributed by atoms with van der Waals surface area (Å²) in [5.41, 5.74) is 3.55. The molecule has 0 amide bonds. The van der Waals surface area contributed by atoms with Gasteiger partial charge in [-0.15, -0.1) is 0 Å². The lowest BCUT2D eigenvalue weighted by Crippen LogP contribution is -2.24. The molecule has 0 aliphatic rings. The first kappa shape index (κ1) is 15.5. The van der Waals surface area contributed by atoms with Crippen molar-refractivity contribution in [3.8, 4) is 11.3 Å². The summed E-state index contributed by atoms with van der Waals surface area (Å²) >= 11 is 0. The maximum absolute atomic E-state index is 4.65. The molecule has 0 saturated heterocycles. The average molecular weight is 304 g/mol. The number of nitrogens with zero attached hydrogens (tertiary/aromatic N) is 2. The molecule has 23 heavy (non-hydrogen) atoms. The van der Waals surface area contributed by atoms with Gasteiger partial charge in [0.1, 0.15) is 0 Å². The van der Waals surface area contributed by atoms with E-state index in [-0.39, 0.29) is 0 Å². The van der Waals surface area contributed by atoms with Crippen LogP contribution in [0.15, 0.2) is 60.8 Å². The van der Waals surface area contributed by atoms with Crippen LogP contribution >= 0.6 is 0 Å². The van der Waals surface area contributed by atoms with Crippen LogP contribution in [0.1, 0.15) is 26.7 Å². The van der Waals surface area contributed by atoms with Gasteiger partial charge in [0.15, 0.2) is 0 Å². The Balaban J connectivity index is 2.04. The smallest absolute Gasteiger partial charge is 0.0781 e. The van der Waals surface area contributed by atoms with E-state index in [4.69, 9.17) is 0 Å². The molecule has 0 atom stereocenters. The van der Waals surface area contributed by atoms with E-state index < -0.39 is 0 Å². The molecule has 2 nitrogen and oxygen atoms in total. The third kappa shape index (κ3) is 3.37. The van der Waals surface area contributed by atoms with Crippen molar-refractivity contribution >= 4 is 16.5 Å². The third-order valence-electron chi connectivity index (χ3n) is 4.15. The number of hydrogen-bond acceptors (Lipinski definition) is 2. The van der Waals surface area contributed by atoms with E-state index in [0.29, 0.717) is 0 Å². The molecule has 118 valence electrons. The molecular weight excluding hydrogens is 280 g/mol. The monoisotopic (exact) mass is 304 g/mol. The Hall–Kier alpha value is -2.35. The molecule has 0 saturated carbocycles. The van der Waals surface area contributed by atoms with Crippen molar-refractivity contribution in [2.45, 2.75) is 26.7 Å². The fourth-order valence-corrected chi connectivity index (χ4v) is 3.11. The summed E-state index contributed by atoms with van der Waals surface area (Å²) in [4.78, 5) is 7.12. The highest BCUT2D eigenvalue weighted by Gasteiger charge is 2.09. The number of aromatic nitrogens is 1. The van der Waals surface area contributed by atoms with E-state index in [9.17, 15) is 0 Å². The van der Waals surface area contributed by atoms with Gasteiger partial charge in [0, 0.05) is 35.9 Å². The van der Waals surface area contributed by atoms with Crippen molar-refractivity contribution in [3.05, 3.63) is 60.8 Å². The van der Waals surface area contributed by atoms with E-state index >= 15 is 0 Å². The van der Waals surface area contributed by atoms with Crippen LogP contribution in [0.3, 0.4) is 0 Å². The van der Waals surface area contributed by atoms with E-state index in [2.05, 4.69) is 78.3 Å². The number of pyridine rings is 1. The van der Waals surface area contributed by atoms with Gasteiger partial charge >= 0.3 is 0 Å². The van der Waals surface area contributed by atoms with Crippen molar-refractivity contribution in [2.24, 2.45) is 0 Å². The van der Waals surface area contributed by atoms with Gasteiger partial charge in [-0.1, -0.05) is 50.2 Å². The van der Waals surface area contributed by atoms with Crippen LogP contribution in [0.5, 0.6) is 0 Å². The highest BCUT2D eigenvalue weighted by Crippen LogP contribution is 2.29. The first-order valence-corrected chi connectivity index (χ1v) is 8.52. The first-order valence-electron chi connectivity index (χ1n) is 8.52. The summed E-state index contributed by atoms with van der Waals surface area (Å²) in [5.74, 6) is 0. The third-order valence-corrected chi connectivity index (χ3v) is 4.15. The molecule has 0 unspecified atom stereocenters. The van der Waals surface area contributed by atoms with Crippen molar-refractivity contribution in [1.29, 1.82) is 0 Å². The molecule has 0 aliphatic heterocycles. The van der Waals surface area contributed by atoms with Gasteiger partial charge in [-0.25, -0.2) is 0 Å². The van der Waals surface area contributed by atoms with Gasteiger partial charge in [-0.2, -0.15) is 0 Å².